The van der Waals surface area contributed by atoms with Gasteiger partial charge in [0.25, 0.3) is 0 Å². The van der Waals surface area contributed by atoms with E-state index in [1.807, 2.05) is 0 Å². The predicted molar refractivity (Wildman–Crippen MR) is 110 cm³/mol. The van der Waals surface area contributed by atoms with Crippen LogP contribution in [-0.4, -0.2) is 23.1 Å². The zero-order valence-corrected chi connectivity index (χ0v) is 17.4. The first kappa shape index (κ1) is 23.3. The average Bonchev–Trinajstić information content (AvgIpc) is 3.03. The lowest BCUT2D eigenvalue weighted by atomic mass is 10.1. The maximum absolute atomic E-state index is 13.4. The van der Waals surface area contributed by atoms with Gasteiger partial charge in [-0.2, -0.15) is 13.2 Å². The van der Waals surface area contributed by atoms with Crippen LogP contribution < -0.4 is 5.32 Å². The van der Waals surface area contributed by atoms with Crippen LogP contribution >= 0.6 is 11.6 Å². The van der Waals surface area contributed by atoms with Crippen LogP contribution in [0.15, 0.2) is 54.6 Å². The fraction of sp³-hybridized carbons (Fsp3) is 0.182. The topological polar surface area (TPSA) is 60.3 Å². The highest BCUT2D eigenvalue weighted by atomic mass is 35.5. The minimum absolute atomic E-state index is 0.00903. The summed E-state index contributed by atoms with van der Waals surface area (Å²) in [5.74, 6) is -1.89. The molecule has 1 N–H and O–H groups in total. The maximum Gasteiger partial charge on any atom is 0.416 e. The molecule has 3 aromatic rings. The van der Waals surface area contributed by atoms with Crippen molar-refractivity contribution in [3.8, 4) is 5.69 Å². The fourth-order valence-corrected chi connectivity index (χ4v) is 3.35. The number of hydrogen-bond donors (Lipinski definition) is 1. The molecule has 0 aliphatic carbocycles. The largest absolute Gasteiger partial charge is 0.461 e. The summed E-state index contributed by atoms with van der Waals surface area (Å²) < 4.78 is 58.2. The van der Waals surface area contributed by atoms with Crippen LogP contribution in [0.1, 0.15) is 28.5 Å². The van der Waals surface area contributed by atoms with Crippen LogP contribution in [0.3, 0.4) is 0 Å². The van der Waals surface area contributed by atoms with Crippen molar-refractivity contribution in [2.75, 3.05) is 11.9 Å². The molecular formula is C22H17ClF4N2O3. The summed E-state index contributed by atoms with van der Waals surface area (Å²) in [7, 11) is 0. The third-order valence-corrected chi connectivity index (χ3v) is 4.68. The zero-order chi connectivity index (χ0) is 23.5. The van der Waals surface area contributed by atoms with E-state index >= 15 is 0 Å². The number of rotatable bonds is 6. The summed E-state index contributed by atoms with van der Waals surface area (Å²) >= 11 is 6.26. The predicted octanol–water partition coefficient (Wildman–Crippen LogP) is 5.65. The summed E-state index contributed by atoms with van der Waals surface area (Å²) in [5, 5.41) is 2.50. The van der Waals surface area contributed by atoms with Crippen LogP contribution in [0.5, 0.6) is 0 Å². The first-order valence-electron chi connectivity index (χ1n) is 9.40. The first-order valence-corrected chi connectivity index (χ1v) is 9.78. The smallest absolute Gasteiger partial charge is 0.416 e. The number of nitrogens with one attached hydrogen (secondary N) is 1. The fourth-order valence-electron chi connectivity index (χ4n) is 3.05. The molecule has 2 aromatic carbocycles. The third kappa shape index (κ3) is 5.28. The second-order valence-electron chi connectivity index (χ2n) is 6.68. The van der Waals surface area contributed by atoms with Gasteiger partial charge in [0.05, 0.1) is 24.3 Å². The van der Waals surface area contributed by atoms with Crippen LogP contribution in [0.4, 0.5) is 23.2 Å². The maximum atomic E-state index is 13.4. The molecule has 0 bridgehead atoms. The Balaban J connectivity index is 1.96. The van der Waals surface area contributed by atoms with Gasteiger partial charge in [-0.05, 0) is 55.0 Å². The van der Waals surface area contributed by atoms with E-state index in [0.29, 0.717) is 5.56 Å². The Kier molecular flexibility index (Phi) is 6.88. The molecule has 0 fully saturated rings. The molecule has 1 amide bonds. The van der Waals surface area contributed by atoms with Crippen molar-refractivity contribution in [1.82, 2.24) is 4.57 Å². The van der Waals surface area contributed by atoms with Gasteiger partial charge in [0, 0.05) is 5.69 Å². The molecule has 168 valence electrons. The van der Waals surface area contributed by atoms with E-state index in [1.165, 1.54) is 28.8 Å². The molecule has 1 heterocycles. The van der Waals surface area contributed by atoms with Crippen LogP contribution in [0.25, 0.3) is 5.69 Å². The Morgan fingerprint density at radius 1 is 1.09 bits per heavy atom. The minimum atomic E-state index is -4.53. The van der Waals surface area contributed by atoms with Crippen molar-refractivity contribution in [2.24, 2.45) is 0 Å². The van der Waals surface area contributed by atoms with Crippen molar-refractivity contribution >= 4 is 29.2 Å². The van der Waals surface area contributed by atoms with E-state index in [2.05, 4.69) is 5.32 Å². The van der Waals surface area contributed by atoms with Gasteiger partial charge < -0.3 is 10.1 Å². The standard InChI is InChI=1S/C22H17ClF4N2O3/c1-2-32-21(31)20-17(28-19(30)11-13-4-3-5-15(24)10-13)12-18(23)29(20)16-8-6-14(7-9-16)22(25,26)27/h3-10,12H,2,11H2,1H3,(H,28,30). The minimum Gasteiger partial charge on any atom is -0.461 e. The van der Waals surface area contributed by atoms with Gasteiger partial charge in [-0.1, -0.05) is 23.7 Å². The van der Waals surface area contributed by atoms with Gasteiger partial charge in [-0.15, -0.1) is 0 Å². The number of benzene rings is 2. The van der Waals surface area contributed by atoms with E-state index in [-0.39, 0.29) is 35.2 Å². The molecule has 0 spiro atoms. The molecule has 0 unspecified atom stereocenters. The number of ether oxygens (including phenoxy) is 1. The van der Waals surface area contributed by atoms with Crippen LogP contribution in [0.2, 0.25) is 5.15 Å². The number of esters is 1. The highest BCUT2D eigenvalue weighted by Crippen LogP contribution is 2.33. The number of aromatic nitrogens is 1. The van der Waals surface area contributed by atoms with E-state index in [4.69, 9.17) is 16.3 Å². The number of carbonyl (C=O) groups is 2. The number of halogens is 5. The quantitative estimate of drug-likeness (QED) is 0.376. The molecule has 0 atom stereocenters. The molecule has 0 radical (unpaired) electrons. The second-order valence-corrected chi connectivity index (χ2v) is 7.07. The van der Waals surface area contributed by atoms with Gasteiger partial charge >= 0.3 is 12.1 Å². The second kappa shape index (κ2) is 9.44. The Bertz CT molecular complexity index is 1140. The van der Waals surface area contributed by atoms with E-state index in [0.717, 1.165) is 24.3 Å². The highest BCUT2D eigenvalue weighted by molar-refractivity contribution is 6.31. The average molecular weight is 469 g/mol. The van der Waals surface area contributed by atoms with Gasteiger partial charge in [-0.3, -0.25) is 9.36 Å². The molecule has 5 nitrogen and oxygen atoms in total. The number of carbonyl (C=O) groups excluding carboxylic acids is 2. The van der Waals surface area contributed by atoms with Crippen molar-refractivity contribution in [1.29, 1.82) is 0 Å². The van der Waals surface area contributed by atoms with Crippen molar-refractivity contribution in [3.63, 3.8) is 0 Å². The highest BCUT2D eigenvalue weighted by Gasteiger charge is 2.31. The molecule has 1 aromatic heterocycles. The lowest BCUT2D eigenvalue weighted by Gasteiger charge is -2.13. The number of nitrogens with zero attached hydrogens (tertiary/aromatic N) is 1. The van der Waals surface area contributed by atoms with Crippen molar-refractivity contribution in [2.45, 2.75) is 19.5 Å². The summed E-state index contributed by atoms with van der Waals surface area (Å²) in [6.45, 7) is 1.60. The van der Waals surface area contributed by atoms with Gasteiger partial charge in [0.2, 0.25) is 5.91 Å². The molecule has 0 aliphatic rings. The molecule has 3 rings (SSSR count). The molecule has 32 heavy (non-hydrogen) atoms. The Morgan fingerprint density at radius 2 is 1.78 bits per heavy atom. The van der Waals surface area contributed by atoms with Crippen LogP contribution in [-0.2, 0) is 22.1 Å². The van der Waals surface area contributed by atoms with Gasteiger partial charge in [0.15, 0.2) is 5.69 Å². The summed E-state index contributed by atoms with van der Waals surface area (Å²) in [5.41, 5.74) is -0.449. The normalized spacial score (nSPS) is 11.3. The summed E-state index contributed by atoms with van der Waals surface area (Å²) in [4.78, 5) is 25.1. The lowest BCUT2D eigenvalue weighted by molar-refractivity contribution is -0.137. The Labute approximate surface area is 185 Å². The molecular weight excluding hydrogens is 452 g/mol. The molecule has 10 heteroatoms. The van der Waals surface area contributed by atoms with E-state index in [1.54, 1.807) is 13.0 Å². The summed E-state index contributed by atoms with van der Waals surface area (Å²) in [6, 6.07) is 10.7. The van der Waals surface area contributed by atoms with E-state index < -0.39 is 29.4 Å². The lowest BCUT2D eigenvalue weighted by Crippen LogP contribution is -2.19. The van der Waals surface area contributed by atoms with E-state index in [9.17, 15) is 27.2 Å². The van der Waals surface area contributed by atoms with Gasteiger partial charge in [-0.25, -0.2) is 9.18 Å². The summed E-state index contributed by atoms with van der Waals surface area (Å²) in [6.07, 6.45) is -4.71. The number of alkyl halides is 3. The van der Waals surface area contributed by atoms with Crippen molar-refractivity contribution in [3.05, 3.63) is 82.4 Å². The Morgan fingerprint density at radius 3 is 2.38 bits per heavy atom. The van der Waals surface area contributed by atoms with Gasteiger partial charge in [0.1, 0.15) is 11.0 Å². The molecule has 0 saturated heterocycles. The Hall–Kier alpha value is -3.33. The number of amides is 1. The third-order valence-electron chi connectivity index (χ3n) is 4.41. The molecule has 0 saturated carbocycles. The van der Waals surface area contributed by atoms with Crippen molar-refractivity contribution < 1.29 is 31.9 Å². The number of anilines is 1. The van der Waals surface area contributed by atoms with Crippen LogP contribution in [0, 0.1) is 5.82 Å². The molecule has 0 aliphatic heterocycles. The first-order chi connectivity index (χ1) is 15.1. The monoisotopic (exact) mass is 468 g/mol. The number of hydrogen-bond acceptors (Lipinski definition) is 3. The zero-order valence-electron chi connectivity index (χ0n) is 16.7. The SMILES string of the molecule is CCOC(=O)c1c(NC(=O)Cc2cccc(F)c2)cc(Cl)n1-c1ccc(C(F)(F)F)cc1.